The van der Waals surface area contributed by atoms with Crippen molar-refractivity contribution in [3.05, 3.63) is 102 Å². The molecule has 3 aromatic rings. The van der Waals surface area contributed by atoms with Crippen molar-refractivity contribution in [3.63, 3.8) is 0 Å². The molecule has 0 atom stereocenters. The Kier molecular flexibility index (Phi) is 7.78. The van der Waals surface area contributed by atoms with Crippen molar-refractivity contribution >= 4 is 27.3 Å². The summed E-state index contributed by atoms with van der Waals surface area (Å²) in [5.41, 5.74) is 2.61. The lowest BCUT2D eigenvalue weighted by Gasteiger charge is -2.21. The van der Waals surface area contributed by atoms with E-state index in [9.17, 15) is 18.0 Å². The van der Waals surface area contributed by atoms with Crippen molar-refractivity contribution in [2.45, 2.75) is 19.2 Å². The molecule has 0 aromatic heterocycles. The zero-order chi connectivity index (χ0) is 23.0. The highest BCUT2D eigenvalue weighted by molar-refractivity contribution is 7.91. The number of para-hydroxylation sites is 1. The first kappa shape index (κ1) is 23.2. The van der Waals surface area contributed by atoms with Gasteiger partial charge < -0.3 is 10.2 Å². The second-order valence-corrected chi connectivity index (χ2v) is 9.51. The Labute approximate surface area is 188 Å². The number of rotatable bonds is 9. The van der Waals surface area contributed by atoms with Crippen LogP contribution in [0.2, 0.25) is 0 Å². The monoisotopic (exact) mass is 450 g/mol. The normalized spacial score (nSPS) is 11.0. The van der Waals surface area contributed by atoms with Crippen LogP contribution in [0.1, 0.15) is 28.4 Å². The topological polar surface area (TPSA) is 83.6 Å². The number of anilines is 1. The molecule has 0 aliphatic rings. The van der Waals surface area contributed by atoms with Gasteiger partial charge in [0.15, 0.2) is 9.84 Å². The van der Waals surface area contributed by atoms with Crippen LogP contribution in [0.15, 0.2) is 84.9 Å². The van der Waals surface area contributed by atoms with Crippen LogP contribution in [0, 0.1) is 0 Å². The predicted octanol–water partition coefficient (Wildman–Crippen LogP) is 3.90. The van der Waals surface area contributed by atoms with E-state index in [1.54, 1.807) is 53.4 Å². The standard InChI is InChI=1S/C25H26N2O4S/c1-2-27(17-20-9-5-3-6-10-20)25(29)22-15-13-21(14-16-22)18-32(30,31)19-24(28)26-23-11-7-4-8-12-23/h3-16H,2,17-19H2,1H3,(H,26,28). The van der Waals surface area contributed by atoms with E-state index in [1.807, 2.05) is 43.3 Å². The quantitative estimate of drug-likeness (QED) is 0.536. The van der Waals surface area contributed by atoms with Crippen molar-refractivity contribution in [1.82, 2.24) is 4.90 Å². The van der Waals surface area contributed by atoms with Crippen molar-refractivity contribution in [1.29, 1.82) is 0 Å². The van der Waals surface area contributed by atoms with Gasteiger partial charge in [-0.2, -0.15) is 0 Å². The van der Waals surface area contributed by atoms with Crippen molar-refractivity contribution in [3.8, 4) is 0 Å². The van der Waals surface area contributed by atoms with Gasteiger partial charge in [-0.05, 0) is 42.3 Å². The number of hydrogen-bond donors (Lipinski definition) is 1. The van der Waals surface area contributed by atoms with Gasteiger partial charge in [-0.25, -0.2) is 8.42 Å². The third-order valence-corrected chi connectivity index (χ3v) is 6.36. The van der Waals surface area contributed by atoms with Gasteiger partial charge in [-0.3, -0.25) is 9.59 Å². The van der Waals surface area contributed by atoms with Crippen LogP contribution in [-0.2, 0) is 26.9 Å². The van der Waals surface area contributed by atoms with Gasteiger partial charge in [0, 0.05) is 24.3 Å². The highest BCUT2D eigenvalue weighted by Crippen LogP contribution is 2.14. The summed E-state index contributed by atoms with van der Waals surface area (Å²) in [5, 5.41) is 2.58. The summed E-state index contributed by atoms with van der Waals surface area (Å²) in [6.45, 7) is 2.98. The first-order chi connectivity index (χ1) is 15.4. The second kappa shape index (κ2) is 10.7. The minimum Gasteiger partial charge on any atom is -0.335 e. The van der Waals surface area contributed by atoms with Gasteiger partial charge in [-0.15, -0.1) is 0 Å². The SMILES string of the molecule is CCN(Cc1ccccc1)C(=O)c1ccc(CS(=O)(=O)CC(=O)Nc2ccccc2)cc1. The van der Waals surface area contributed by atoms with Gasteiger partial charge >= 0.3 is 0 Å². The Morgan fingerprint density at radius 3 is 2.00 bits per heavy atom. The van der Waals surface area contributed by atoms with Crippen molar-refractivity contribution < 1.29 is 18.0 Å². The number of carbonyl (C=O) groups is 2. The molecule has 0 saturated carbocycles. The number of carbonyl (C=O) groups excluding carboxylic acids is 2. The molecule has 0 heterocycles. The molecule has 0 unspecified atom stereocenters. The maximum absolute atomic E-state index is 12.9. The zero-order valence-electron chi connectivity index (χ0n) is 17.9. The van der Waals surface area contributed by atoms with Crippen LogP contribution < -0.4 is 5.32 Å². The molecule has 1 N–H and O–H groups in total. The number of amides is 2. The highest BCUT2D eigenvalue weighted by atomic mass is 32.2. The summed E-state index contributed by atoms with van der Waals surface area (Å²) < 4.78 is 24.9. The molecule has 7 heteroatoms. The average Bonchev–Trinajstić information content (AvgIpc) is 2.78. The number of benzene rings is 3. The summed E-state index contributed by atoms with van der Waals surface area (Å²) in [6.07, 6.45) is 0. The molecule has 0 spiro atoms. The number of sulfone groups is 1. The Balaban J connectivity index is 1.60. The molecular weight excluding hydrogens is 424 g/mol. The summed E-state index contributed by atoms with van der Waals surface area (Å²) >= 11 is 0. The Morgan fingerprint density at radius 2 is 1.41 bits per heavy atom. The summed E-state index contributed by atoms with van der Waals surface area (Å²) in [7, 11) is -3.66. The van der Waals surface area contributed by atoms with E-state index in [1.165, 1.54) is 0 Å². The van der Waals surface area contributed by atoms with Crippen molar-refractivity contribution in [2.24, 2.45) is 0 Å². The Hall–Kier alpha value is -3.45. The molecular formula is C25H26N2O4S. The fourth-order valence-corrected chi connectivity index (χ4v) is 4.55. The molecule has 2 amide bonds. The molecule has 6 nitrogen and oxygen atoms in total. The van der Waals surface area contributed by atoms with Crippen LogP contribution in [-0.4, -0.2) is 37.4 Å². The first-order valence-electron chi connectivity index (χ1n) is 10.3. The highest BCUT2D eigenvalue weighted by Gasteiger charge is 2.19. The van der Waals surface area contributed by atoms with Crippen LogP contribution in [0.3, 0.4) is 0 Å². The maximum Gasteiger partial charge on any atom is 0.254 e. The largest absolute Gasteiger partial charge is 0.335 e. The van der Waals surface area contributed by atoms with Gasteiger partial charge in [0.25, 0.3) is 5.91 Å². The first-order valence-corrected chi connectivity index (χ1v) is 12.2. The third kappa shape index (κ3) is 6.78. The minimum atomic E-state index is -3.66. The van der Waals surface area contributed by atoms with E-state index in [0.29, 0.717) is 29.9 Å². The lowest BCUT2D eigenvalue weighted by atomic mass is 10.1. The van der Waals surface area contributed by atoms with E-state index in [2.05, 4.69) is 5.32 Å². The fourth-order valence-electron chi connectivity index (χ4n) is 3.28. The molecule has 0 aliphatic carbocycles. The molecule has 32 heavy (non-hydrogen) atoms. The van der Waals surface area contributed by atoms with Gasteiger partial charge in [0.2, 0.25) is 5.91 Å². The second-order valence-electron chi connectivity index (χ2n) is 7.45. The van der Waals surface area contributed by atoms with E-state index in [-0.39, 0.29) is 11.7 Å². The van der Waals surface area contributed by atoms with Crippen LogP contribution >= 0.6 is 0 Å². The molecule has 0 saturated heterocycles. The smallest absolute Gasteiger partial charge is 0.254 e. The summed E-state index contributed by atoms with van der Waals surface area (Å²) in [5.74, 6) is -1.58. The Morgan fingerprint density at radius 1 is 0.812 bits per heavy atom. The summed E-state index contributed by atoms with van der Waals surface area (Å²) in [4.78, 5) is 26.7. The van der Waals surface area contributed by atoms with Gasteiger partial charge in [0.05, 0.1) is 5.75 Å². The molecule has 3 rings (SSSR count). The van der Waals surface area contributed by atoms with E-state index < -0.39 is 21.5 Å². The lowest BCUT2D eigenvalue weighted by molar-refractivity contribution is -0.113. The van der Waals surface area contributed by atoms with E-state index in [4.69, 9.17) is 0 Å². The van der Waals surface area contributed by atoms with Crippen LogP contribution in [0.4, 0.5) is 5.69 Å². The van der Waals surface area contributed by atoms with E-state index in [0.717, 1.165) is 5.56 Å². The number of nitrogens with one attached hydrogen (secondary N) is 1. The molecule has 0 radical (unpaired) electrons. The summed E-state index contributed by atoms with van der Waals surface area (Å²) in [6, 6.07) is 24.9. The van der Waals surface area contributed by atoms with Gasteiger partial charge in [-0.1, -0.05) is 60.7 Å². The molecule has 3 aromatic carbocycles. The molecule has 0 aliphatic heterocycles. The fraction of sp³-hybridized carbons (Fsp3) is 0.200. The number of hydrogen-bond acceptors (Lipinski definition) is 4. The third-order valence-electron chi connectivity index (χ3n) is 4.88. The molecule has 0 bridgehead atoms. The van der Waals surface area contributed by atoms with E-state index >= 15 is 0 Å². The lowest BCUT2D eigenvalue weighted by Crippen LogP contribution is -2.30. The zero-order valence-corrected chi connectivity index (χ0v) is 18.7. The van der Waals surface area contributed by atoms with Crippen LogP contribution in [0.5, 0.6) is 0 Å². The average molecular weight is 451 g/mol. The molecule has 0 fully saturated rings. The predicted molar refractivity (Wildman–Crippen MR) is 126 cm³/mol. The maximum atomic E-state index is 12.9. The molecule has 166 valence electrons. The Bertz CT molecular complexity index is 1150. The van der Waals surface area contributed by atoms with Crippen molar-refractivity contribution in [2.75, 3.05) is 17.6 Å². The number of nitrogens with zero attached hydrogens (tertiary/aromatic N) is 1. The van der Waals surface area contributed by atoms with Crippen LogP contribution in [0.25, 0.3) is 0 Å². The van der Waals surface area contributed by atoms with Gasteiger partial charge in [0.1, 0.15) is 5.75 Å². The minimum absolute atomic E-state index is 0.118.